The van der Waals surface area contributed by atoms with Crippen LogP contribution in [-0.4, -0.2) is 77.5 Å². The van der Waals surface area contributed by atoms with Crippen LogP contribution >= 0.6 is 11.8 Å². The van der Waals surface area contributed by atoms with E-state index in [4.69, 9.17) is 4.74 Å². The molecule has 8 heteroatoms. The fraction of sp³-hybridized carbons (Fsp3) is 0.850. The van der Waals surface area contributed by atoms with Gasteiger partial charge < -0.3 is 14.5 Å². The number of piperidine rings is 1. The minimum Gasteiger partial charge on any atom is -0.465 e. The van der Waals surface area contributed by atoms with Crippen molar-refractivity contribution in [1.82, 2.24) is 15.1 Å². The fourth-order valence-electron chi connectivity index (χ4n) is 4.80. The average molecular weight is 412 g/mol. The van der Waals surface area contributed by atoms with Crippen LogP contribution in [-0.2, 0) is 19.1 Å². The molecule has 0 aromatic rings. The van der Waals surface area contributed by atoms with Gasteiger partial charge in [-0.15, -0.1) is 0 Å². The first-order chi connectivity index (χ1) is 13.5. The first kappa shape index (κ1) is 21.4. The molecule has 3 fully saturated rings. The summed E-state index contributed by atoms with van der Waals surface area (Å²) in [5.74, 6) is 0.952. The topological polar surface area (TPSA) is 79.0 Å². The minimum absolute atomic E-state index is 0.0160. The Hall–Kier alpha value is -1.28. The van der Waals surface area contributed by atoms with E-state index in [1.54, 1.807) is 23.6 Å². The third-order valence-electron chi connectivity index (χ3n) is 6.33. The monoisotopic (exact) mass is 411 g/mol. The number of nitrogens with zero attached hydrogens (tertiary/aromatic N) is 2. The molecule has 28 heavy (non-hydrogen) atoms. The number of rotatable bonds is 7. The summed E-state index contributed by atoms with van der Waals surface area (Å²) in [4.78, 5) is 41.6. The van der Waals surface area contributed by atoms with Crippen molar-refractivity contribution in [2.24, 2.45) is 5.92 Å². The van der Waals surface area contributed by atoms with Crippen molar-refractivity contribution in [3.05, 3.63) is 0 Å². The molecule has 1 N–H and O–H groups in total. The normalized spacial score (nSPS) is 24.9. The Morgan fingerprint density at radius 1 is 1.25 bits per heavy atom. The van der Waals surface area contributed by atoms with Gasteiger partial charge in [-0.25, -0.2) is 0 Å². The van der Waals surface area contributed by atoms with E-state index in [1.807, 2.05) is 11.2 Å². The van der Waals surface area contributed by atoms with Gasteiger partial charge in [0.15, 0.2) is 0 Å². The Balaban J connectivity index is 1.68. The summed E-state index contributed by atoms with van der Waals surface area (Å²) in [5, 5.41) is 3.53. The molecule has 1 spiro atoms. The average Bonchev–Trinajstić information content (AvgIpc) is 3.30. The molecule has 0 aromatic heterocycles. The summed E-state index contributed by atoms with van der Waals surface area (Å²) in [6.07, 6.45) is 8.39. The predicted molar refractivity (Wildman–Crippen MR) is 109 cm³/mol. The van der Waals surface area contributed by atoms with Gasteiger partial charge in [0.05, 0.1) is 18.3 Å². The number of hydrogen-bond donors (Lipinski definition) is 1. The van der Waals surface area contributed by atoms with Crippen molar-refractivity contribution < 1.29 is 19.1 Å². The highest BCUT2D eigenvalue weighted by Crippen LogP contribution is 2.35. The molecule has 7 nitrogen and oxygen atoms in total. The maximum Gasteiger partial charge on any atom is 0.325 e. The number of nitrogens with one attached hydrogen (secondary N) is 1. The molecule has 0 aromatic carbocycles. The number of likely N-dealkylation sites (tertiary alicyclic amines) is 1. The number of thioether (sulfide) groups is 1. The van der Waals surface area contributed by atoms with Gasteiger partial charge in [-0.05, 0) is 38.2 Å². The smallest absolute Gasteiger partial charge is 0.325 e. The van der Waals surface area contributed by atoms with Crippen molar-refractivity contribution in [1.29, 1.82) is 0 Å². The first-order valence-electron chi connectivity index (χ1n) is 10.5. The summed E-state index contributed by atoms with van der Waals surface area (Å²) in [6, 6.07) is -0.265. The van der Waals surface area contributed by atoms with Gasteiger partial charge in [0.2, 0.25) is 11.8 Å². The molecule has 2 amide bonds. The molecule has 1 saturated carbocycles. The van der Waals surface area contributed by atoms with E-state index in [9.17, 15) is 14.4 Å². The van der Waals surface area contributed by atoms with Crippen molar-refractivity contribution in [3.63, 3.8) is 0 Å². The van der Waals surface area contributed by atoms with E-state index in [0.717, 1.165) is 37.9 Å². The first-order valence-corrected chi connectivity index (χ1v) is 11.9. The van der Waals surface area contributed by atoms with Crippen LogP contribution in [0.25, 0.3) is 0 Å². The van der Waals surface area contributed by atoms with E-state index in [2.05, 4.69) is 5.32 Å². The maximum atomic E-state index is 13.0. The van der Waals surface area contributed by atoms with Gasteiger partial charge in [-0.3, -0.25) is 19.7 Å². The van der Waals surface area contributed by atoms with Gasteiger partial charge in [-0.1, -0.05) is 12.8 Å². The van der Waals surface area contributed by atoms with Gasteiger partial charge in [0, 0.05) is 31.8 Å². The highest BCUT2D eigenvalue weighted by Gasteiger charge is 2.52. The summed E-state index contributed by atoms with van der Waals surface area (Å²) >= 11 is 1.71. The molecule has 2 aliphatic heterocycles. The van der Waals surface area contributed by atoms with Gasteiger partial charge in [-0.2, -0.15) is 11.8 Å². The van der Waals surface area contributed by atoms with Crippen molar-refractivity contribution >= 4 is 29.5 Å². The second-order valence-corrected chi connectivity index (χ2v) is 9.03. The second-order valence-electron chi connectivity index (χ2n) is 8.05. The summed E-state index contributed by atoms with van der Waals surface area (Å²) in [7, 11) is 0. The standard InChI is InChI=1S/C20H33N3O4S/c1-3-27-17(24)14-23-19(26)16(8-13-28-2)21-20(23)9-11-22(12-10-20)18(25)15-6-4-5-7-15/h15-16,21H,3-14H2,1-2H3. The molecule has 158 valence electrons. The zero-order valence-electron chi connectivity index (χ0n) is 17.1. The molecule has 0 radical (unpaired) electrons. The van der Waals surface area contributed by atoms with Crippen LogP contribution in [0.3, 0.4) is 0 Å². The van der Waals surface area contributed by atoms with E-state index < -0.39 is 5.66 Å². The Labute approximate surface area is 171 Å². The molecular weight excluding hydrogens is 378 g/mol. The zero-order valence-corrected chi connectivity index (χ0v) is 17.9. The van der Waals surface area contributed by atoms with E-state index >= 15 is 0 Å². The van der Waals surface area contributed by atoms with E-state index in [0.29, 0.717) is 32.5 Å². The van der Waals surface area contributed by atoms with Crippen LogP contribution < -0.4 is 5.32 Å². The fourth-order valence-corrected chi connectivity index (χ4v) is 5.27. The van der Waals surface area contributed by atoms with Crippen LogP contribution in [0.15, 0.2) is 0 Å². The quantitative estimate of drug-likeness (QED) is 0.642. The van der Waals surface area contributed by atoms with Crippen LogP contribution in [0.1, 0.15) is 51.9 Å². The Kier molecular flexibility index (Phi) is 7.25. The number of hydrogen-bond acceptors (Lipinski definition) is 6. The molecule has 2 heterocycles. The van der Waals surface area contributed by atoms with Crippen LogP contribution in [0.4, 0.5) is 0 Å². The summed E-state index contributed by atoms with van der Waals surface area (Å²) < 4.78 is 5.10. The Bertz CT molecular complexity index is 586. The van der Waals surface area contributed by atoms with Crippen molar-refractivity contribution in [2.75, 3.05) is 38.2 Å². The molecule has 0 bridgehead atoms. The lowest BCUT2D eigenvalue weighted by Crippen LogP contribution is -2.60. The minimum atomic E-state index is -0.542. The van der Waals surface area contributed by atoms with E-state index in [-0.39, 0.29) is 36.3 Å². The maximum absolute atomic E-state index is 13.0. The second kappa shape index (κ2) is 9.48. The largest absolute Gasteiger partial charge is 0.465 e. The molecule has 3 aliphatic rings. The number of esters is 1. The molecule has 2 saturated heterocycles. The highest BCUT2D eigenvalue weighted by molar-refractivity contribution is 7.98. The Morgan fingerprint density at radius 3 is 2.54 bits per heavy atom. The number of carbonyl (C=O) groups excluding carboxylic acids is 3. The number of carbonyl (C=O) groups is 3. The highest BCUT2D eigenvalue weighted by atomic mass is 32.2. The van der Waals surface area contributed by atoms with Crippen LogP contribution in [0.5, 0.6) is 0 Å². The van der Waals surface area contributed by atoms with Crippen LogP contribution in [0, 0.1) is 5.92 Å². The lowest BCUT2D eigenvalue weighted by molar-refractivity contribution is -0.152. The van der Waals surface area contributed by atoms with Gasteiger partial charge in [0.25, 0.3) is 0 Å². The van der Waals surface area contributed by atoms with Gasteiger partial charge >= 0.3 is 5.97 Å². The third kappa shape index (κ3) is 4.48. The summed E-state index contributed by atoms with van der Waals surface area (Å²) in [5.41, 5.74) is -0.542. The third-order valence-corrected chi connectivity index (χ3v) is 6.98. The van der Waals surface area contributed by atoms with Crippen molar-refractivity contribution in [3.8, 4) is 0 Å². The lowest BCUT2D eigenvalue weighted by Gasteiger charge is -2.44. The van der Waals surface area contributed by atoms with Crippen molar-refractivity contribution in [2.45, 2.75) is 63.6 Å². The number of amides is 2. The summed E-state index contributed by atoms with van der Waals surface area (Å²) in [6.45, 7) is 3.31. The van der Waals surface area contributed by atoms with Gasteiger partial charge in [0.1, 0.15) is 6.54 Å². The molecular formula is C20H33N3O4S. The molecule has 3 rings (SSSR count). The lowest BCUT2D eigenvalue weighted by atomic mass is 9.94. The van der Waals surface area contributed by atoms with E-state index in [1.165, 1.54) is 0 Å². The molecule has 1 aliphatic carbocycles. The zero-order chi connectivity index (χ0) is 20.1. The Morgan fingerprint density at radius 2 is 1.93 bits per heavy atom. The molecule has 1 atom stereocenters. The van der Waals surface area contributed by atoms with Crippen LogP contribution in [0.2, 0.25) is 0 Å². The molecule has 1 unspecified atom stereocenters. The number of ether oxygens (including phenoxy) is 1. The SMILES string of the molecule is CCOC(=O)CN1C(=O)C(CCSC)NC12CCN(C(=O)C1CCCC1)CC2. The predicted octanol–water partition coefficient (Wildman–Crippen LogP) is 1.61.